The third-order valence-electron chi connectivity index (χ3n) is 2.76. The van der Waals surface area contributed by atoms with Gasteiger partial charge in [0.15, 0.2) is 0 Å². The second-order valence-corrected chi connectivity index (χ2v) is 4.68. The maximum Gasteiger partial charge on any atom is 0.124 e. The summed E-state index contributed by atoms with van der Waals surface area (Å²) in [6.07, 6.45) is 3.88. The average Bonchev–Trinajstić information content (AvgIpc) is 2.36. The highest BCUT2D eigenvalue weighted by atomic mass is 35.5. The number of allylic oxidation sites excluding steroid dienone is 1. The van der Waals surface area contributed by atoms with E-state index in [1.807, 2.05) is 24.3 Å². The van der Waals surface area contributed by atoms with Crippen molar-refractivity contribution in [2.24, 2.45) is 0 Å². The monoisotopic (exact) mass is 267 g/mol. The normalized spacial score (nSPS) is 12.2. The van der Waals surface area contributed by atoms with Crippen molar-refractivity contribution in [1.29, 1.82) is 0 Å². The lowest BCUT2D eigenvalue weighted by atomic mass is 10.1. The van der Waals surface area contributed by atoms with Crippen molar-refractivity contribution in [1.82, 2.24) is 5.32 Å². The second kappa shape index (κ2) is 8.17. The Morgan fingerprint density at radius 3 is 2.94 bits per heavy atom. The van der Waals surface area contributed by atoms with E-state index in [4.69, 9.17) is 16.3 Å². The Labute approximate surface area is 115 Å². The number of halogens is 1. The maximum atomic E-state index is 6.05. The van der Waals surface area contributed by atoms with Gasteiger partial charge in [-0.1, -0.05) is 24.6 Å². The van der Waals surface area contributed by atoms with Crippen LogP contribution in [0, 0.1) is 0 Å². The quantitative estimate of drug-likeness (QED) is 0.558. The van der Waals surface area contributed by atoms with Crippen molar-refractivity contribution in [2.45, 2.75) is 32.7 Å². The molecular formula is C15H22ClNO. The summed E-state index contributed by atoms with van der Waals surface area (Å²) in [6, 6.07) is 6.02. The molecule has 0 saturated heterocycles. The maximum absolute atomic E-state index is 6.05. The van der Waals surface area contributed by atoms with Crippen molar-refractivity contribution in [3.8, 4) is 5.75 Å². The van der Waals surface area contributed by atoms with Gasteiger partial charge in [-0.15, -0.1) is 6.58 Å². The highest BCUT2D eigenvalue weighted by molar-refractivity contribution is 6.30. The molecule has 100 valence electrons. The molecule has 0 aliphatic carbocycles. The van der Waals surface area contributed by atoms with Gasteiger partial charge < -0.3 is 10.1 Å². The predicted octanol–water partition coefficient (Wildman–Crippen LogP) is 4.36. The van der Waals surface area contributed by atoms with Gasteiger partial charge in [-0.3, -0.25) is 0 Å². The van der Waals surface area contributed by atoms with Gasteiger partial charge in [0.1, 0.15) is 5.75 Å². The van der Waals surface area contributed by atoms with Crippen LogP contribution in [0.4, 0.5) is 0 Å². The molecule has 2 nitrogen and oxygen atoms in total. The zero-order chi connectivity index (χ0) is 13.4. The zero-order valence-electron chi connectivity index (χ0n) is 11.2. The Morgan fingerprint density at radius 1 is 1.50 bits per heavy atom. The first-order valence-electron chi connectivity index (χ1n) is 6.45. The van der Waals surface area contributed by atoms with E-state index >= 15 is 0 Å². The highest BCUT2D eigenvalue weighted by Gasteiger charge is 2.11. The molecule has 0 aromatic heterocycles. The summed E-state index contributed by atoms with van der Waals surface area (Å²) < 4.78 is 5.82. The Balaban J connectivity index is 2.72. The van der Waals surface area contributed by atoms with Gasteiger partial charge in [-0.2, -0.15) is 0 Å². The molecule has 0 radical (unpaired) electrons. The van der Waals surface area contributed by atoms with Crippen LogP contribution in [0.1, 0.15) is 38.3 Å². The van der Waals surface area contributed by atoms with E-state index in [0.29, 0.717) is 6.61 Å². The van der Waals surface area contributed by atoms with Crippen LogP contribution in [0.5, 0.6) is 5.75 Å². The summed E-state index contributed by atoms with van der Waals surface area (Å²) >= 11 is 6.05. The van der Waals surface area contributed by atoms with E-state index in [-0.39, 0.29) is 6.04 Å². The molecule has 1 rings (SSSR count). The van der Waals surface area contributed by atoms with Gasteiger partial charge in [0.2, 0.25) is 0 Å². The molecule has 0 bridgehead atoms. The fourth-order valence-corrected chi connectivity index (χ4v) is 2.00. The van der Waals surface area contributed by atoms with Crippen LogP contribution < -0.4 is 10.1 Å². The van der Waals surface area contributed by atoms with E-state index in [1.165, 1.54) is 0 Å². The van der Waals surface area contributed by atoms with Crippen LogP contribution in [-0.4, -0.2) is 13.2 Å². The Kier molecular flexibility index (Phi) is 6.84. The molecule has 0 fully saturated rings. The standard InChI is InChI=1S/C15H22ClNO/c1-4-6-7-10-18-15-9-8-13(16)11-14(15)12(3)17-5-2/h4,8-9,11-12,17H,1,5-7,10H2,2-3H3. The fourth-order valence-electron chi connectivity index (χ4n) is 1.82. The van der Waals surface area contributed by atoms with Crippen molar-refractivity contribution >= 4 is 11.6 Å². The van der Waals surface area contributed by atoms with Crippen molar-refractivity contribution in [3.63, 3.8) is 0 Å². The van der Waals surface area contributed by atoms with E-state index in [2.05, 4.69) is 25.7 Å². The summed E-state index contributed by atoms with van der Waals surface area (Å²) in [5, 5.41) is 4.12. The Bertz CT molecular complexity index is 379. The van der Waals surface area contributed by atoms with Crippen LogP contribution in [0.3, 0.4) is 0 Å². The number of hydrogen-bond donors (Lipinski definition) is 1. The second-order valence-electron chi connectivity index (χ2n) is 4.24. The van der Waals surface area contributed by atoms with E-state index in [9.17, 15) is 0 Å². The molecule has 0 saturated carbocycles. The molecule has 0 aliphatic rings. The van der Waals surface area contributed by atoms with Gasteiger partial charge in [-0.25, -0.2) is 0 Å². The molecule has 1 aromatic rings. The summed E-state index contributed by atoms with van der Waals surface area (Å²) in [5.74, 6) is 0.914. The van der Waals surface area contributed by atoms with Gasteiger partial charge in [0, 0.05) is 16.6 Å². The van der Waals surface area contributed by atoms with Gasteiger partial charge in [0.25, 0.3) is 0 Å². The molecule has 0 aliphatic heterocycles. The minimum absolute atomic E-state index is 0.239. The number of ether oxygens (including phenoxy) is 1. The minimum Gasteiger partial charge on any atom is -0.493 e. The number of rotatable bonds is 8. The average molecular weight is 268 g/mol. The fraction of sp³-hybridized carbons (Fsp3) is 0.467. The lowest BCUT2D eigenvalue weighted by molar-refractivity contribution is 0.306. The molecule has 0 spiro atoms. The van der Waals surface area contributed by atoms with Crippen LogP contribution in [0.25, 0.3) is 0 Å². The smallest absolute Gasteiger partial charge is 0.124 e. The minimum atomic E-state index is 0.239. The number of hydrogen-bond acceptors (Lipinski definition) is 2. The van der Waals surface area contributed by atoms with Gasteiger partial charge in [0.05, 0.1) is 6.61 Å². The molecule has 18 heavy (non-hydrogen) atoms. The van der Waals surface area contributed by atoms with Crippen molar-refractivity contribution in [2.75, 3.05) is 13.2 Å². The number of benzene rings is 1. The first kappa shape index (κ1) is 15.1. The molecule has 1 atom stereocenters. The van der Waals surface area contributed by atoms with Crippen molar-refractivity contribution < 1.29 is 4.74 Å². The first-order chi connectivity index (χ1) is 8.69. The topological polar surface area (TPSA) is 21.3 Å². The first-order valence-corrected chi connectivity index (χ1v) is 6.83. The van der Waals surface area contributed by atoms with E-state index < -0.39 is 0 Å². The van der Waals surface area contributed by atoms with Gasteiger partial charge >= 0.3 is 0 Å². The van der Waals surface area contributed by atoms with E-state index in [0.717, 1.165) is 35.7 Å². The molecule has 3 heteroatoms. The SMILES string of the molecule is C=CCCCOc1ccc(Cl)cc1C(C)NCC. The molecule has 0 amide bonds. The van der Waals surface area contributed by atoms with Crippen LogP contribution in [0.15, 0.2) is 30.9 Å². The summed E-state index contributed by atoms with van der Waals surface area (Å²) in [4.78, 5) is 0. The molecule has 0 heterocycles. The Morgan fingerprint density at radius 2 is 2.28 bits per heavy atom. The lowest BCUT2D eigenvalue weighted by Crippen LogP contribution is -2.18. The molecule has 1 unspecified atom stereocenters. The number of unbranched alkanes of at least 4 members (excludes halogenated alkanes) is 1. The zero-order valence-corrected chi connectivity index (χ0v) is 12.0. The molecule has 1 N–H and O–H groups in total. The Hall–Kier alpha value is -0.990. The largest absolute Gasteiger partial charge is 0.493 e. The highest BCUT2D eigenvalue weighted by Crippen LogP contribution is 2.28. The lowest BCUT2D eigenvalue weighted by Gasteiger charge is -2.18. The van der Waals surface area contributed by atoms with Crippen LogP contribution >= 0.6 is 11.6 Å². The van der Waals surface area contributed by atoms with Crippen LogP contribution in [0.2, 0.25) is 5.02 Å². The summed E-state index contributed by atoms with van der Waals surface area (Å²) in [7, 11) is 0. The third-order valence-corrected chi connectivity index (χ3v) is 2.99. The van der Waals surface area contributed by atoms with Crippen molar-refractivity contribution in [3.05, 3.63) is 41.4 Å². The summed E-state index contributed by atoms with van der Waals surface area (Å²) in [6.45, 7) is 9.54. The predicted molar refractivity (Wildman–Crippen MR) is 78.5 cm³/mol. The van der Waals surface area contributed by atoms with Crippen LogP contribution in [-0.2, 0) is 0 Å². The third kappa shape index (κ3) is 4.71. The summed E-state index contributed by atoms with van der Waals surface area (Å²) in [5.41, 5.74) is 1.11. The number of nitrogens with one attached hydrogen (secondary N) is 1. The van der Waals surface area contributed by atoms with E-state index in [1.54, 1.807) is 0 Å². The molecular weight excluding hydrogens is 246 g/mol. The molecule has 1 aromatic carbocycles. The van der Waals surface area contributed by atoms with Gasteiger partial charge in [-0.05, 0) is 44.5 Å².